The van der Waals surface area contributed by atoms with Crippen LogP contribution in [0.2, 0.25) is 0 Å². The summed E-state index contributed by atoms with van der Waals surface area (Å²) in [6, 6.07) is 48.1. The third kappa shape index (κ3) is 14.1. The highest BCUT2D eigenvalue weighted by molar-refractivity contribution is 5.92. The van der Waals surface area contributed by atoms with Crippen molar-refractivity contribution in [2.45, 2.75) is 89.1 Å². The molecule has 0 bridgehead atoms. The van der Waals surface area contributed by atoms with Crippen LogP contribution in [0.25, 0.3) is 33.4 Å². The first-order chi connectivity index (χ1) is 37.6. The Hall–Kier alpha value is -8.55. The third-order valence-corrected chi connectivity index (χ3v) is 12.6. The van der Waals surface area contributed by atoms with E-state index in [-0.39, 0.29) is 16.7 Å². The van der Waals surface area contributed by atoms with Crippen LogP contribution < -0.4 is 0 Å². The van der Waals surface area contributed by atoms with Crippen LogP contribution in [0.1, 0.15) is 58.8 Å². The van der Waals surface area contributed by atoms with E-state index in [0.717, 1.165) is 61.1 Å². The molecule has 18 heteroatoms. The maximum absolute atomic E-state index is 14.5. The Kier molecular flexibility index (Phi) is 18.6. The molecule has 6 aromatic rings. The lowest BCUT2D eigenvalue weighted by Crippen LogP contribution is -2.65. The van der Waals surface area contributed by atoms with Crippen LogP contribution in [0.4, 0.5) is 0 Å². The Morgan fingerprint density at radius 1 is 0.346 bits per heavy atom. The minimum absolute atomic E-state index is 0.0661. The summed E-state index contributed by atoms with van der Waals surface area (Å²) in [5.41, 5.74) is 5.32. The van der Waals surface area contributed by atoms with Gasteiger partial charge in [-0.2, -0.15) is 0 Å². The van der Waals surface area contributed by atoms with Crippen molar-refractivity contribution in [3.8, 4) is 33.4 Å². The van der Waals surface area contributed by atoms with Gasteiger partial charge in [-0.05, 0) is 69.8 Å². The summed E-state index contributed by atoms with van der Waals surface area (Å²) >= 11 is 0. The number of hydrogen-bond donors (Lipinski definition) is 0. The number of carbonyl (C=O) groups excluding carboxylic acids is 7. The molecule has 78 heavy (non-hydrogen) atoms. The lowest BCUT2D eigenvalue weighted by atomic mass is 9.96. The normalized spacial score (nSPS) is 22.6. The van der Waals surface area contributed by atoms with Crippen LogP contribution in [0.15, 0.2) is 164 Å². The van der Waals surface area contributed by atoms with Gasteiger partial charge in [0.05, 0.1) is 23.3 Å². The van der Waals surface area contributed by atoms with Crippen LogP contribution in [0, 0.1) is 0 Å². The molecule has 0 aliphatic carbocycles. The molecule has 2 fully saturated rings. The summed E-state index contributed by atoms with van der Waals surface area (Å²) < 4.78 is 65.7. The van der Waals surface area contributed by atoms with E-state index >= 15 is 0 Å². The maximum Gasteiger partial charge on any atom is 0.338 e. The Balaban J connectivity index is 1.18. The van der Waals surface area contributed by atoms with Crippen LogP contribution in [-0.2, 0) is 71.3 Å². The third-order valence-electron chi connectivity index (χ3n) is 12.6. The Bertz CT molecular complexity index is 3020. The predicted octanol–water partition coefficient (Wildman–Crippen LogP) is 8.14. The first-order valence-electron chi connectivity index (χ1n) is 24.9. The lowest BCUT2D eigenvalue weighted by Gasteiger charge is -2.46. The van der Waals surface area contributed by atoms with Gasteiger partial charge in [-0.15, -0.1) is 0 Å². The molecule has 0 unspecified atom stereocenters. The molecule has 8 rings (SSSR count). The summed E-state index contributed by atoms with van der Waals surface area (Å²) in [6.45, 7) is 3.11. The molecule has 0 aromatic heterocycles. The van der Waals surface area contributed by atoms with Crippen LogP contribution in [0.5, 0.6) is 0 Å². The molecular weight excluding hydrogens is 1010 g/mol. The summed E-state index contributed by atoms with van der Waals surface area (Å²) in [5.74, 6) is -6.08. The van der Waals surface area contributed by atoms with Gasteiger partial charge in [0.15, 0.2) is 49.2 Å². The van der Waals surface area contributed by atoms with Gasteiger partial charge in [-0.1, -0.05) is 127 Å². The monoisotopic (exact) mass is 1060 g/mol. The minimum atomic E-state index is -1.73. The maximum atomic E-state index is 14.5. The number of ether oxygens (including phenoxy) is 11. The van der Waals surface area contributed by atoms with E-state index in [1.165, 1.54) is 7.11 Å². The Morgan fingerprint density at radius 3 is 1.05 bits per heavy atom. The quantitative estimate of drug-likeness (QED) is 0.0585. The number of esters is 7. The van der Waals surface area contributed by atoms with E-state index < -0.39 is 116 Å². The smallest absolute Gasteiger partial charge is 0.338 e. The zero-order valence-electron chi connectivity index (χ0n) is 43.1. The first kappa shape index (κ1) is 55.7. The summed E-state index contributed by atoms with van der Waals surface area (Å²) in [4.78, 5) is 93.3. The van der Waals surface area contributed by atoms with E-state index in [0.29, 0.717) is 0 Å². The highest BCUT2D eigenvalue weighted by Gasteiger charge is 2.56. The summed E-state index contributed by atoms with van der Waals surface area (Å²) in [6.07, 6.45) is -16.1. The van der Waals surface area contributed by atoms with Crippen molar-refractivity contribution in [2.24, 2.45) is 0 Å². The zero-order valence-corrected chi connectivity index (χ0v) is 43.1. The topological polar surface area (TPSA) is 221 Å². The fourth-order valence-corrected chi connectivity index (χ4v) is 8.98. The standard InChI is InChI=1S/C60H56O18/c1-35(61)69-33-48-50(71-36(2)62)52(72-37(3)63)55(73-38(4)64)60(75-48)70-34-49-51(76-56(65)45-27-21-42(22-28-45)39-15-9-6-10-16-39)53(77-57(66)46-29-23-43(24-30-46)40-17-11-7-12-18-40)54(59(68-5)74-49)78-58(67)47-31-25-44(26-32-47)41-19-13-8-14-20-41/h6-32,48-55,59-60H,33-34H2,1-5H3/t48-,49-,50+,51+,52+,53+,54-,55-,59-,60+/m1/s1. The largest absolute Gasteiger partial charge is 0.463 e. The van der Waals surface area contributed by atoms with Crippen molar-refractivity contribution in [2.75, 3.05) is 20.3 Å². The highest BCUT2D eigenvalue weighted by Crippen LogP contribution is 2.35. The second-order valence-electron chi connectivity index (χ2n) is 18.1. The molecule has 0 radical (unpaired) electrons. The average molecular weight is 1070 g/mol. The number of carbonyl (C=O) groups is 7. The molecule has 2 aliphatic rings. The van der Waals surface area contributed by atoms with Crippen molar-refractivity contribution in [3.05, 3.63) is 180 Å². The van der Waals surface area contributed by atoms with Gasteiger partial charge in [0, 0.05) is 34.8 Å². The second-order valence-corrected chi connectivity index (χ2v) is 18.1. The van der Waals surface area contributed by atoms with Gasteiger partial charge >= 0.3 is 41.8 Å². The highest BCUT2D eigenvalue weighted by atomic mass is 16.8. The summed E-state index contributed by atoms with van der Waals surface area (Å²) in [7, 11) is 1.25. The molecular formula is C60H56O18. The Labute approximate surface area is 449 Å². The molecule has 10 atom stereocenters. The van der Waals surface area contributed by atoms with Crippen molar-refractivity contribution in [1.82, 2.24) is 0 Å². The molecule has 6 aromatic carbocycles. The fraction of sp³-hybridized carbons (Fsp3) is 0.283. The molecule has 0 N–H and O–H groups in total. The molecule has 2 saturated heterocycles. The second kappa shape index (κ2) is 26.0. The van der Waals surface area contributed by atoms with Crippen molar-refractivity contribution < 1.29 is 85.7 Å². The van der Waals surface area contributed by atoms with Crippen LogP contribution in [0.3, 0.4) is 0 Å². The van der Waals surface area contributed by atoms with Crippen LogP contribution >= 0.6 is 0 Å². The van der Waals surface area contributed by atoms with Gasteiger partial charge in [-0.3, -0.25) is 19.2 Å². The van der Waals surface area contributed by atoms with Crippen molar-refractivity contribution in [1.29, 1.82) is 0 Å². The summed E-state index contributed by atoms with van der Waals surface area (Å²) in [5, 5.41) is 0. The van der Waals surface area contributed by atoms with Crippen molar-refractivity contribution in [3.63, 3.8) is 0 Å². The molecule has 2 aliphatic heterocycles. The van der Waals surface area contributed by atoms with E-state index in [1.807, 2.05) is 91.0 Å². The van der Waals surface area contributed by atoms with E-state index in [1.54, 1.807) is 72.8 Å². The van der Waals surface area contributed by atoms with Gasteiger partial charge in [0.1, 0.15) is 18.8 Å². The van der Waals surface area contributed by atoms with E-state index in [9.17, 15) is 33.6 Å². The molecule has 404 valence electrons. The Morgan fingerprint density at radius 2 is 0.654 bits per heavy atom. The molecule has 0 amide bonds. The number of benzene rings is 6. The number of rotatable bonds is 18. The van der Waals surface area contributed by atoms with E-state index in [2.05, 4.69) is 0 Å². The lowest BCUT2D eigenvalue weighted by molar-refractivity contribution is -0.329. The SMILES string of the molecule is CO[C@@H]1O[C@H](CO[C@H]2O[C@H](COC(C)=O)[C@H](OC(C)=O)[C@H](OC(C)=O)[C@H]2OC(C)=O)[C@H](OC(=O)c2ccc(-c3ccccc3)cc2)[C@H](OC(=O)c2ccc(-c3ccccc3)cc2)[C@H]1OC(=O)c1ccc(-c2ccccc2)cc1. The van der Waals surface area contributed by atoms with Gasteiger partial charge in [0.25, 0.3) is 0 Å². The molecule has 2 heterocycles. The molecule has 0 spiro atoms. The number of methoxy groups -OCH3 is 1. The average Bonchev–Trinajstić information content (AvgIpc) is 3.48. The predicted molar refractivity (Wildman–Crippen MR) is 277 cm³/mol. The molecule has 0 saturated carbocycles. The fourth-order valence-electron chi connectivity index (χ4n) is 8.98. The minimum Gasteiger partial charge on any atom is -0.463 e. The van der Waals surface area contributed by atoms with E-state index in [4.69, 9.17) is 52.1 Å². The van der Waals surface area contributed by atoms with Crippen LogP contribution in [-0.4, -0.2) is 124 Å². The zero-order chi connectivity index (χ0) is 55.3. The van der Waals surface area contributed by atoms with Crippen molar-refractivity contribution >= 4 is 41.8 Å². The van der Waals surface area contributed by atoms with Gasteiger partial charge in [0.2, 0.25) is 0 Å². The van der Waals surface area contributed by atoms with Gasteiger partial charge in [-0.25, -0.2) is 14.4 Å². The van der Waals surface area contributed by atoms with Gasteiger partial charge < -0.3 is 52.1 Å². The molecule has 18 nitrogen and oxygen atoms in total. The first-order valence-corrected chi connectivity index (χ1v) is 24.9. The number of hydrogen-bond acceptors (Lipinski definition) is 18.